The molecule has 1 aromatic carbocycles. The molecule has 0 bridgehead atoms. The highest BCUT2D eigenvalue weighted by atomic mass is 19.2. The highest BCUT2D eigenvalue weighted by Crippen LogP contribution is 2.20. The van der Waals surface area contributed by atoms with E-state index in [4.69, 9.17) is 4.74 Å². The number of rotatable bonds is 6. The third kappa shape index (κ3) is 4.72. The van der Waals surface area contributed by atoms with Crippen LogP contribution < -0.4 is 4.74 Å². The van der Waals surface area contributed by atoms with Gasteiger partial charge in [-0.3, -0.25) is 0 Å². The van der Waals surface area contributed by atoms with E-state index >= 15 is 0 Å². The summed E-state index contributed by atoms with van der Waals surface area (Å²) in [5.74, 6) is -0.759. The highest BCUT2D eigenvalue weighted by molar-refractivity contribution is 5.24. The summed E-state index contributed by atoms with van der Waals surface area (Å²) in [5.41, 5.74) is 0. The molecule has 1 aromatic rings. The minimum absolute atomic E-state index is 0.00129. The van der Waals surface area contributed by atoms with Crippen LogP contribution in [0, 0.1) is 23.5 Å². The van der Waals surface area contributed by atoms with Gasteiger partial charge in [-0.25, -0.2) is 4.39 Å². The fourth-order valence-electron chi connectivity index (χ4n) is 1.53. The van der Waals surface area contributed by atoms with Gasteiger partial charge in [-0.1, -0.05) is 33.3 Å². The fraction of sp³-hybridized carbons (Fsp3) is 0.571. The molecule has 0 saturated carbocycles. The summed E-state index contributed by atoms with van der Waals surface area (Å²) < 4.78 is 31.5. The van der Waals surface area contributed by atoms with Crippen LogP contribution in [0.3, 0.4) is 0 Å². The molecule has 1 unspecified atom stereocenters. The molecule has 0 amide bonds. The van der Waals surface area contributed by atoms with Crippen molar-refractivity contribution in [2.45, 2.75) is 33.6 Å². The Morgan fingerprint density at radius 2 is 1.82 bits per heavy atom. The molecule has 96 valence electrons. The Kier molecular flexibility index (Phi) is 5.39. The lowest BCUT2D eigenvalue weighted by atomic mass is 10.0. The third-order valence-electron chi connectivity index (χ3n) is 2.68. The molecule has 0 spiro atoms. The lowest BCUT2D eigenvalue weighted by molar-refractivity contribution is 0.233. The smallest absolute Gasteiger partial charge is 0.200 e. The Balaban J connectivity index is 2.42. The fourth-order valence-corrected chi connectivity index (χ4v) is 1.53. The van der Waals surface area contributed by atoms with Crippen LogP contribution in [0.5, 0.6) is 5.75 Å². The SMILES string of the molecule is CC(C)CCC(C)COc1cccc(F)c1F. The maximum atomic E-state index is 13.3. The van der Waals surface area contributed by atoms with Crippen LogP contribution in [0.4, 0.5) is 8.78 Å². The van der Waals surface area contributed by atoms with Crippen molar-refractivity contribution in [1.82, 2.24) is 0 Å². The van der Waals surface area contributed by atoms with Gasteiger partial charge < -0.3 is 4.74 Å². The standard InChI is InChI=1S/C14H20F2O/c1-10(2)7-8-11(3)9-17-13-6-4-5-12(15)14(13)16/h4-6,10-11H,7-9H2,1-3H3. The van der Waals surface area contributed by atoms with Crippen molar-refractivity contribution in [1.29, 1.82) is 0 Å². The van der Waals surface area contributed by atoms with Crippen LogP contribution in [0.1, 0.15) is 33.6 Å². The summed E-state index contributed by atoms with van der Waals surface area (Å²) in [6.07, 6.45) is 2.16. The van der Waals surface area contributed by atoms with Crippen LogP contribution in [-0.4, -0.2) is 6.61 Å². The normalized spacial score (nSPS) is 12.8. The van der Waals surface area contributed by atoms with Crippen molar-refractivity contribution >= 4 is 0 Å². The number of benzene rings is 1. The number of ether oxygens (including phenoxy) is 1. The van der Waals surface area contributed by atoms with Crippen molar-refractivity contribution in [3.05, 3.63) is 29.8 Å². The van der Waals surface area contributed by atoms with Crippen molar-refractivity contribution in [3.8, 4) is 5.75 Å². The van der Waals surface area contributed by atoms with E-state index in [9.17, 15) is 8.78 Å². The van der Waals surface area contributed by atoms with Crippen LogP contribution >= 0.6 is 0 Å². The Morgan fingerprint density at radius 1 is 1.12 bits per heavy atom. The Hall–Kier alpha value is -1.12. The number of hydrogen-bond acceptors (Lipinski definition) is 1. The molecule has 1 rings (SSSR count). The molecule has 17 heavy (non-hydrogen) atoms. The molecule has 0 heterocycles. The molecule has 0 N–H and O–H groups in total. The molecule has 0 radical (unpaired) electrons. The van der Waals surface area contributed by atoms with E-state index in [1.54, 1.807) is 0 Å². The number of hydrogen-bond donors (Lipinski definition) is 0. The topological polar surface area (TPSA) is 9.23 Å². The molecule has 1 atom stereocenters. The quantitative estimate of drug-likeness (QED) is 0.717. The highest BCUT2D eigenvalue weighted by Gasteiger charge is 2.10. The maximum Gasteiger partial charge on any atom is 0.200 e. The first-order valence-electron chi connectivity index (χ1n) is 6.07. The van der Waals surface area contributed by atoms with Gasteiger partial charge in [-0.15, -0.1) is 0 Å². The molecule has 0 aromatic heterocycles. The Morgan fingerprint density at radius 3 is 2.47 bits per heavy atom. The van der Waals surface area contributed by atoms with E-state index in [2.05, 4.69) is 20.8 Å². The second-order valence-corrected chi connectivity index (χ2v) is 4.94. The summed E-state index contributed by atoms with van der Waals surface area (Å²) >= 11 is 0. The zero-order chi connectivity index (χ0) is 12.8. The van der Waals surface area contributed by atoms with Crippen molar-refractivity contribution in [3.63, 3.8) is 0 Å². The first-order chi connectivity index (χ1) is 8.00. The summed E-state index contributed by atoms with van der Waals surface area (Å²) in [5, 5.41) is 0. The monoisotopic (exact) mass is 242 g/mol. The lowest BCUT2D eigenvalue weighted by Crippen LogP contribution is -2.10. The van der Waals surface area contributed by atoms with Gasteiger partial charge in [0.05, 0.1) is 6.61 Å². The van der Waals surface area contributed by atoms with E-state index in [-0.39, 0.29) is 5.75 Å². The van der Waals surface area contributed by atoms with Gasteiger partial charge >= 0.3 is 0 Å². The second kappa shape index (κ2) is 6.58. The number of halogens is 2. The van der Waals surface area contributed by atoms with Crippen LogP contribution in [0.25, 0.3) is 0 Å². The maximum absolute atomic E-state index is 13.3. The minimum atomic E-state index is -0.899. The van der Waals surface area contributed by atoms with E-state index in [1.807, 2.05) is 0 Å². The van der Waals surface area contributed by atoms with E-state index < -0.39 is 11.6 Å². The first-order valence-corrected chi connectivity index (χ1v) is 6.07. The average molecular weight is 242 g/mol. The van der Waals surface area contributed by atoms with Crippen LogP contribution in [0.15, 0.2) is 18.2 Å². The second-order valence-electron chi connectivity index (χ2n) is 4.94. The Labute approximate surface area is 102 Å². The van der Waals surface area contributed by atoms with E-state index in [1.165, 1.54) is 12.1 Å². The Bertz CT molecular complexity index is 350. The van der Waals surface area contributed by atoms with Gasteiger partial charge in [-0.2, -0.15) is 4.39 Å². The zero-order valence-electron chi connectivity index (χ0n) is 10.7. The van der Waals surface area contributed by atoms with Crippen molar-refractivity contribution < 1.29 is 13.5 Å². The zero-order valence-corrected chi connectivity index (χ0v) is 10.7. The summed E-state index contributed by atoms with van der Waals surface area (Å²) in [4.78, 5) is 0. The van der Waals surface area contributed by atoms with Crippen molar-refractivity contribution in [2.24, 2.45) is 11.8 Å². The van der Waals surface area contributed by atoms with Gasteiger partial charge in [0, 0.05) is 0 Å². The lowest BCUT2D eigenvalue weighted by Gasteiger charge is -2.14. The van der Waals surface area contributed by atoms with Crippen molar-refractivity contribution in [2.75, 3.05) is 6.61 Å². The molecule has 0 aliphatic carbocycles. The molecule has 0 fully saturated rings. The van der Waals surface area contributed by atoms with Gasteiger partial charge in [0.2, 0.25) is 5.82 Å². The first kappa shape index (κ1) is 13.9. The molecule has 1 nitrogen and oxygen atoms in total. The predicted molar refractivity (Wildman–Crippen MR) is 65.1 cm³/mol. The van der Waals surface area contributed by atoms with Gasteiger partial charge in [0.25, 0.3) is 0 Å². The van der Waals surface area contributed by atoms with E-state index in [0.717, 1.165) is 18.9 Å². The third-order valence-corrected chi connectivity index (χ3v) is 2.68. The van der Waals surface area contributed by atoms with Crippen LogP contribution in [-0.2, 0) is 0 Å². The molecule has 0 aliphatic rings. The average Bonchev–Trinajstić information content (AvgIpc) is 2.28. The molecule has 0 aliphatic heterocycles. The van der Waals surface area contributed by atoms with E-state index in [0.29, 0.717) is 18.4 Å². The predicted octanol–water partition coefficient (Wildman–Crippen LogP) is 4.42. The summed E-state index contributed by atoms with van der Waals surface area (Å²) in [7, 11) is 0. The van der Waals surface area contributed by atoms with Gasteiger partial charge in [0.1, 0.15) is 0 Å². The summed E-state index contributed by atoms with van der Waals surface area (Å²) in [6.45, 7) is 6.81. The largest absolute Gasteiger partial charge is 0.490 e. The van der Waals surface area contributed by atoms with Gasteiger partial charge in [-0.05, 0) is 30.4 Å². The minimum Gasteiger partial charge on any atom is -0.490 e. The molecular formula is C14H20F2O. The molecular weight excluding hydrogens is 222 g/mol. The molecule has 3 heteroatoms. The van der Waals surface area contributed by atoms with Gasteiger partial charge in [0.15, 0.2) is 11.6 Å². The van der Waals surface area contributed by atoms with Crippen LogP contribution in [0.2, 0.25) is 0 Å². The summed E-state index contributed by atoms with van der Waals surface area (Å²) in [6, 6.07) is 3.99. The molecule has 0 saturated heterocycles.